The molecule has 5 atom stereocenters. The van der Waals surface area contributed by atoms with Gasteiger partial charge in [-0.15, -0.1) is 0 Å². The van der Waals surface area contributed by atoms with Gasteiger partial charge in [-0.3, -0.25) is 0 Å². The molecule has 1 aliphatic rings. The van der Waals surface area contributed by atoms with Crippen LogP contribution >= 0.6 is 11.6 Å². The summed E-state index contributed by atoms with van der Waals surface area (Å²) in [5, 5.41) is 10.6. The molecular weight excluding hydrogens is 624 g/mol. The lowest BCUT2D eigenvalue weighted by Gasteiger charge is -2.46. The van der Waals surface area contributed by atoms with Crippen molar-refractivity contribution in [2.45, 2.75) is 63.6 Å². The number of aliphatic hydroxyl groups is 1. The first kappa shape index (κ1) is 34.0. The van der Waals surface area contributed by atoms with Crippen molar-refractivity contribution in [1.82, 2.24) is 0 Å². The Labute approximate surface area is 287 Å². The van der Waals surface area contributed by atoms with Crippen LogP contribution in [0.5, 0.6) is 0 Å². The first-order valence-electron chi connectivity index (χ1n) is 16.3. The molecule has 0 spiro atoms. The van der Waals surface area contributed by atoms with Gasteiger partial charge in [0.25, 0.3) is 0 Å². The number of hydrogen-bond acceptors (Lipinski definition) is 6. The van der Waals surface area contributed by atoms with Crippen LogP contribution in [0.2, 0.25) is 5.02 Å². The Morgan fingerprint density at radius 2 is 1.00 bits per heavy atom. The van der Waals surface area contributed by atoms with Crippen LogP contribution in [0.3, 0.4) is 0 Å². The molecule has 0 aromatic heterocycles. The Morgan fingerprint density at radius 1 is 0.542 bits per heavy atom. The highest BCUT2D eigenvalue weighted by Gasteiger charge is 2.49. The van der Waals surface area contributed by atoms with E-state index in [9.17, 15) is 5.11 Å². The van der Waals surface area contributed by atoms with E-state index in [1.165, 1.54) is 0 Å². The van der Waals surface area contributed by atoms with Crippen molar-refractivity contribution < 1.29 is 28.8 Å². The van der Waals surface area contributed by atoms with Crippen LogP contribution in [0, 0.1) is 0 Å². The van der Waals surface area contributed by atoms with Crippen LogP contribution in [-0.2, 0) is 56.7 Å². The zero-order chi connectivity index (χ0) is 33.0. The number of benzene rings is 5. The number of aliphatic hydroxyl groups excluding tert-OH is 1. The highest BCUT2D eigenvalue weighted by Crippen LogP contribution is 2.39. The Kier molecular flexibility index (Phi) is 12.4. The summed E-state index contributed by atoms with van der Waals surface area (Å²) in [5.74, 6) is 0. The molecule has 48 heavy (non-hydrogen) atoms. The average Bonchev–Trinajstić information content (AvgIpc) is 3.14. The number of ether oxygens (including phenoxy) is 5. The van der Waals surface area contributed by atoms with Gasteiger partial charge in [-0.2, -0.15) is 0 Å². The van der Waals surface area contributed by atoms with Crippen LogP contribution in [0.15, 0.2) is 140 Å². The van der Waals surface area contributed by atoms with E-state index < -0.39 is 30.5 Å². The normalized spacial score (nSPS) is 20.8. The first-order valence-corrected chi connectivity index (χ1v) is 16.7. The molecule has 0 amide bonds. The van der Waals surface area contributed by atoms with Crippen LogP contribution in [0.1, 0.15) is 39.5 Å². The lowest BCUT2D eigenvalue weighted by atomic mass is 9.89. The molecule has 0 radical (unpaired) electrons. The molecule has 0 bridgehead atoms. The fourth-order valence-electron chi connectivity index (χ4n) is 5.95. The number of halogens is 1. The minimum atomic E-state index is -0.576. The minimum absolute atomic E-state index is 0.199. The predicted octanol–water partition coefficient (Wildman–Crippen LogP) is 8.25. The second kappa shape index (κ2) is 17.5. The summed E-state index contributed by atoms with van der Waals surface area (Å²) >= 11 is 6.44. The van der Waals surface area contributed by atoms with Crippen molar-refractivity contribution in [3.05, 3.63) is 178 Å². The van der Waals surface area contributed by atoms with Crippen molar-refractivity contribution in [2.75, 3.05) is 6.61 Å². The Balaban J connectivity index is 1.36. The summed E-state index contributed by atoms with van der Waals surface area (Å²) in [6, 6.07) is 45.9. The van der Waals surface area contributed by atoms with E-state index >= 15 is 0 Å². The van der Waals surface area contributed by atoms with E-state index in [0.717, 1.165) is 27.8 Å². The van der Waals surface area contributed by atoms with Gasteiger partial charge >= 0.3 is 0 Å². The highest BCUT2D eigenvalue weighted by molar-refractivity contribution is 6.31. The van der Waals surface area contributed by atoms with Crippen LogP contribution < -0.4 is 0 Å². The van der Waals surface area contributed by atoms with Gasteiger partial charge < -0.3 is 28.8 Å². The SMILES string of the molecule is OCc1cc([C@@H]2OC(COCc3ccccc3)[C@@H](OCc3ccccc3)C(OCc3ccccc3)[C@H]2OCc2ccccc2)ccc1Cl. The van der Waals surface area contributed by atoms with Crippen molar-refractivity contribution >= 4 is 11.6 Å². The molecule has 7 heteroatoms. The molecule has 2 unspecified atom stereocenters. The predicted molar refractivity (Wildman–Crippen MR) is 186 cm³/mol. The van der Waals surface area contributed by atoms with Gasteiger partial charge in [0, 0.05) is 5.02 Å². The molecule has 1 saturated heterocycles. The molecule has 6 nitrogen and oxygen atoms in total. The molecule has 0 aliphatic carbocycles. The van der Waals surface area contributed by atoms with E-state index in [1.54, 1.807) is 6.07 Å². The fraction of sp³-hybridized carbons (Fsp3) is 0.268. The second-order valence-corrected chi connectivity index (χ2v) is 12.3. The Bertz CT molecular complexity index is 1650. The Morgan fingerprint density at radius 3 is 1.50 bits per heavy atom. The maximum atomic E-state index is 10.1. The lowest BCUT2D eigenvalue weighted by Crippen LogP contribution is -2.58. The van der Waals surface area contributed by atoms with Crippen LogP contribution in [0.25, 0.3) is 0 Å². The van der Waals surface area contributed by atoms with Crippen molar-refractivity contribution in [3.63, 3.8) is 0 Å². The molecule has 0 saturated carbocycles. The maximum absolute atomic E-state index is 10.1. The lowest BCUT2D eigenvalue weighted by molar-refractivity contribution is -0.275. The highest BCUT2D eigenvalue weighted by atomic mass is 35.5. The monoisotopic (exact) mass is 664 g/mol. The third-order valence-corrected chi connectivity index (χ3v) is 8.82. The van der Waals surface area contributed by atoms with E-state index in [4.69, 9.17) is 35.3 Å². The molecule has 5 aromatic carbocycles. The van der Waals surface area contributed by atoms with Crippen LogP contribution in [0.4, 0.5) is 0 Å². The molecule has 1 heterocycles. The van der Waals surface area contributed by atoms with E-state index in [2.05, 4.69) is 0 Å². The van der Waals surface area contributed by atoms with Gasteiger partial charge in [0.1, 0.15) is 30.5 Å². The molecule has 6 rings (SSSR count). The molecule has 1 aliphatic heterocycles. The maximum Gasteiger partial charge on any atom is 0.117 e. The summed E-state index contributed by atoms with van der Waals surface area (Å²) in [4.78, 5) is 0. The molecular formula is C41H41ClO6. The zero-order valence-corrected chi connectivity index (χ0v) is 27.5. The quantitative estimate of drug-likeness (QED) is 0.122. The van der Waals surface area contributed by atoms with E-state index in [0.29, 0.717) is 37.0 Å². The molecule has 1 fully saturated rings. The third-order valence-electron chi connectivity index (χ3n) is 8.45. The third kappa shape index (κ3) is 9.19. The van der Waals surface area contributed by atoms with Gasteiger partial charge in [0.05, 0.1) is 39.6 Å². The Hall–Kier alpha value is -3.85. The summed E-state index contributed by atoms with van der Waals surface area (Å²) in [6.45, 7) is 1.56. The minimum Gasteiger partial charge on any atom is -0.392 e. The van der Waals surface area contributed by atoms with Crippen LogP contribution in [-0.4, -0.2) is 36.1 Å². The molecule has 1 N–H and O–H groups in total. The van der Waals surface area contributed by atoms with Gasteiger partial charge in [-0.1, -0.05) is 139 Å². The van der Waals surface area contributed by atoms with Gasteiger partial charge in [0.2, 0.25) is 0 Å². The standard InChI is InChI=1S/C41H41ClO6/c42-36-22-21-34(23-35(36)24-43)38-40(46-27-32-17-9-3-10-18-32)41(47-28-33-19-11-4-12-20-33)39(45-26-31-15-7-2-8-16-31)37(48-38)29-44-25-30-13-5-1-6-14-30/h1-23,37-41,43H,24-29H2/t37?,38-,39+,40-,41?/m0/s1. The smallest absolute Gasteiger partial charge is 0.117 e. The number of hydrogen-bond donors (Lipinski definition) is 1. The summed E-state index contributed by atoms with van der Waals surface area (Å²) < 4.78 is 33.6. The van der Waals surface area contributed by atoms with Gasteiger partial charge in [-0.25, -0.2) is 0 Å². The molecule has 248 valence electrons. The van der Waals surface area contributed by atoms with Gasteiger partial charge in [0.15, 0.2) is 0 Å². The average molecular weight is 665 g/mol. The fourth-order valence-corrected chi connectivity index (χ4v) is 6.13. The summed E-state index contributed by atoms with van der Waals surface area (Å²) in [7, 11) is 0. The van der Waals surface area contributed by atoms with E-state index in [-0.39, 0.29) is 13.2 Å². The number of rotatable bonds is 15. The summed E-state index contributed by atoms with van der Waals surface area (Å²) in [5.41, 5.74) is 5.61. The largest absolute Gasteiger partial charge is 0.392 e. The topological polar surface area (TPSA) is 66.4 Å². The zero-order valence-electron chi connectivity index (χ0n) is 26.8. The van der Waals surface area contributed by atoms with Crippen molar-refractivity contribution in [3.8, 4) is 0 Å². The molecule has 5 aromatic rings. The first-order chi connectivity index (χ1) is 23.7. The van der Waals surface area contributed by atoms with E-state index in [1.807, 2.05) is 133 Å². The van der Waals surface area contributed by atoms with Gasteiger partial charge in [-0.05, 0) is 45.5 Å². The van der Waals surface area contributed by atoms with Crippen molar-refractivity contribution in [1.29, 1.82) is 0 Å². The summed E-state index contributed by atoms with van der Waals surface area (Å²) in [6.07, 6.45) is -2.74. The second-order valence-electron chi connectivity index (χ2n) is 11.9. The van der Waals surface area contributed by atoms with Crippen molar-refractivity contribution in [2.24, 2.45) is 0 Å².